The van der Waals surface area contributed by atoms with Crippen LogP contribution >= 0.6 is 0 Å². The summed E-state index contributed by atoms with van der Waals surface area (Å²) in [5.74, 6) is 0.421. The Balaban J connectivity index is 1.67. The summed E-state index contributed by atoms with van der Waals surface area (Å²) in [6.45, 7) is -0.0803. The van der Waals surface area contributed by atoms with Crippen molar-refractivity contribution in [2.75, 3.05) is 14.2 Å². The van der Waals surface area contributed by atoms with Crippen LogP contribution in [-0.2, 0) is 6.54 Å². The summed E-state index contributed by atoms with van der Waals surface area (Å²) < 4.78 is 52.3. The van der Waals surface area contributed by atoms with Gasteiger partial charge in [-0.1, -0.05) is 23.4 Å². The molecule has 0 saturated carbocycles. The van der Waals surface area contributed by atoms with Gasteiger partial charge in [-0.15, -0.1) is 18.3 Å². The maximum Gasteiger partial charge on any atom is 0.573 e. The van der Waals surface area contributed by atoms with Gasteiger partial charge < -0.3 is 14.2 Å². The number of nitrogens with zero attached hydrogens (tertiary/aromatic N) is 5. The predicted molar refractivity (Wildman–Crippen MR) is 110 cm³/mol. The molecule has 0 spiro atoms. The number of rotatable bonds is 6. The number of benzene rings is 2. The fourth-order valence-electron chi connectivity index (χ4n) is 3.07. The summed E-state index contributed by atoms with van der Waals surface area (Å²) in [5, 5.41) is 8.26. The van der Waals surface area contributed by atoms with Gasteiger partial charge in [-0.25, -0.2) is 4.68 Å². The SMILES string of the molecule is COc1cc(OC)nc(Cn2nnc3ccc(-c4ccc(OC(F)(F)F)cc4)cc3c2=O)n1. The standard InChI is InChI=1S/C21H16F3N5O4/c1-31-18-10-19(32-2)26-17(25-18)11-29-20(30)15-9-13(5-8-16(15)27-28-29)12-3-6-14(7-4-12)33-21(22,23)24/h3-10H,11H2,1-2H3. The summed E-state index contributed by atoms with van der Waals surface area (Å²) in [4.78, 5) is 21.4. The van der Waals surface area contributed by atoms with Gasteiger partial charge in [0.15, 0.2) is 5.82 Å². The lowest BCUT2D eigenvalue weighted by Crippen LogP contribution is -2.25. The number of halogens is 3. The minimum atomic E-state index is -4.77. The lowest BCUT2D eigenvalue weighted by Gasteiger charge is -2.10. The third-order valence-corrected chi connectivity index (χ3v) is 4.58. The number of alkyl halides is 3. The quantitative estimate of drug-likeness (QED) is 0.433. The summed E-state index contributed by atoms with van der Waals surface area (Å²) in [6.07, 6.45) is -4.77. The molecule has 4 aromatic rings. The van der Waals surface area contributed by atoms with E-state index in [2.05, 4.69) is 25.0 Å². The van der Waals surface area contributed by atoms with Gasteiger partial charge in [0.05, 0.1) is 25.7 Å². The highest BCUT2D eigenvalue weighted by Crippen LogP contribution is 2.27. The Morgan fingerprint density at radius 2 is 1.55 bits per heavy atom. The maximum absolute atomic E-state index is 13.0. The van der Waals surface area contributed by atoms with Crippen LogP contribution < -0.4 is 19.8 Å². The molecule has 0 fully saturated rings. The number of methoxy groups -OCH3 is 2. The minimum absolute atomic E-state index is 0.0803. The summed E-state index contributed by atoms with van der Waals surface area (Å²) >= 11 is 0. The van der Waals surface area contributed by atoms with Crippen molar-refractivity contribution in [2.24, 2.45) is 0 Å². The average Bonchev–Trinajstić information content (AvgIpc) is 2.80. The van der Waals surface area contributed by atoms with E-state index in [1.54, 1.807) is 18.2 Å². The predicted octanol–water partition coefficient (Wildman–Crippen LogP) is 3.21. The van der Waals surface area contributed by atoms with E-state index in [9.17, 15) is 18.0 Å². The molecule has 0 bridgehead atoms. The molecule has 2 aromatic heterocycles. The molecule has 2 aromatic carbocycles. The normalized spacial score (nSPS) is 11.4. The van der Waals surface area contributed by atoms with Crippen LogP contribution in [0.1, 0.15) is 5.82 Å². The van der Waals surface area contributed by atoms with Crippen molar-refractivity contribution in [2.45, 2.75) is 12.9 Å². The average molecular weight is 459 g/mol. The molecule has 0 saturated heterocycles. The monoisotopic (exact) mass is 459 g/mol. The van der Waals surface area contributed by atoms with E-state index in [0.29, 0.717) is 16.6 Å². The summed E-state index contributed by atoms with van der Waals surface area (Å²) in [7, 11) is 2.88. The van der Waals surface area contributed by atoms with E-state index >= 15 is 0 Å². The molecule has 12 heteroatoms. The van der Waals surface area contributed by atoms with Crippen LogP contribution in [0.3, 0.4) is 0 Å². The van der Waals surface area contributed by atoms with Gasteiger partial charge in [0.25, 0.3) is 5.56 Å². The molecule has 0 unspecified atom stereocenters. The van der Waals surface area contributed by atoms with E-state index in [1.165, 1.54) is 44.6 Å². The van der Waals surface area contributed by atoms with Crippen LogP contribution in [-0.4, -0.2) is 45.5 Å². The topological polar surface area (TPSA) is 101 Å². The third-order valence-electron chi connectivity index (χ3n) is 4.58. The van der Waals surface area contributed by atoms with Crippen LogP contribution in [0, 0.1) is 0 Å². The Morgan fingerprint density at radius 3 is 2.15 bits per heavy atom. The molecule has 170 valence electrons. The van der Waals surface area contributed by atoms with Crippen molar-refractivity contribution in [3.8, 4) is 28.6 Å². The molecule has 4 rings (SSSR count). The molecule has 0 N–H and O–H groups in total. The molecule has 0 amide bonds. The first-order chi connectivity index (χ1) is 15.8. The van der Waals surface area contributed by atoms with Crippen molar-refractivity contribution in [3.05, 3.63) is 64.7 Å². The number of ether oxygens (including phenoxy) is 3. The Kier molecular flexibility index (Phi) is 5.82. The fourth-order valence-corrected chi connectivity index (χ4v) is 3.07. The number of aromatic nitrogens is 5. The van der Waals surface area contributed by atoms with Gasteiger partial charge in [0.1, 0.15) is 17.8 Å². The van der Waals surface area contributed by atoms with Crippen molar-refractivity contribution in [3.63, 3.8) is 0 Å². The van der Waals surface area contributed by atoms with E-state index in [-0.39, 0.29) is 35.3 Å². The molecular weight excluding hydrogens is 443 g/mol. The van der Waals surface area contributed by atoms with Gasteiger partial charge in [-0.3, -0.25) is 4.79 Å². The van der Waals surface area contributed by atoms with Crippen molar-refractivity contribution in [1.82, 2.24) is 25.0 Å². The van der Waals surface area contributed by atoms with Gasteiger partial charge >= 0.3 is 6.36 Å². The second-order valence-electron chi connectivity index (χ2n) is 6.73. The molecule has 33 heavy (non-hydrogen) atoms. The van der Waals surface area contributed by atoms with Crippen LogP contribution in [0.25, 0.3) is 22.0 Å². The zero-order valence-corrected chi connectivity index (χ0v) is 17.3. The molecular formula is C21H16F3N5O4. The summed E-state index contributed by atoms with van der Waals surface area (Å²) in [6, 6.07) is 11.7. The molecule has 0 radical (unpaired) electrons. The second-order valence-corrected chi connectivity index (χ2v) is 6.73. The van der Waals surface area contributed by atoms with Crippen LogP contribution in [0.5, 0.6) is 17.5 Å². The van der Waals surface area contributed by atoms with Crippen LogP contribution in [0.4, 0.5) is 13.2 Å². The van der Waals surface area contributed by atoms with Crippen molar-refractivity contribution >= 4 is 10.9 Å². The van der Waals surface area contributed by atoms with Crippen molar-refractivity contribution in [1.29, 1.82) is 0 Å². The van der Waals surface area contributed by atoms with Crippen LogP contribution in [0.2, 0.25) is 0 Å². The zero-order valence-electron chi connectivity index (χ0n) is 17.3. The molecule has 0 atom stereocenters. The Hall–Kier alpha value is -4.22. The first kappa shape index (κ1) is 22.0. The number of hydrogen-bond donors (Lipinski definition) is 0. The van der Waals surface area contributed by atoms with Gasteiger partial charge in [-0.2, -0.15) is 9.97 Å². The largest absolute Gasteiger partial charge is 0.573 e. The first-order valence-electron chi connectivity index (χ1n) is 9.45. The molecule has 0 aliphatic carbocycles. The fraction of sp³-hybridized carbons (Fsp3) is 0.190. The number of fused-ring (bicyclic) bond motifs is 1. The first-order valence-corrected chi connectivity index (χ1v) is 9.45. The highest BCUT2D eigenvalue weighted by Gasteiger charge is 2.31. The van der Waals surface area contributed by atoms with E-state index in [1.807, 2.05) is 0 Å². The van der Waals surface area contributed by atoms with E-state index in [0.717, 1.165) is 4.68 Å². The van der Waals surface area contributed by atoms with E-state index in [4.69, 9.17) is 9.47 Å². The highest BCUT2D eigenvalue weighted by atomic mass is 19.4. The molecule has 0 aliphatic heterocycles. The maximum atomic E-state index is 13.0. The third kappa shape index (κ3) is 5.00. The number of hydrogen-bond acceptors (Lipinski definition) is 8. The lowest BCUT2D eigenvalue weighted by atomic mass is 10.0. The minimum Gasteiger partial charge on any atom is -0.481 e. The molecule has 9 nitrogen and oxygen atoms in total. The highest BCUT2D eigenvalue weighted by molar-refractivity contribution is 5.83. The van der Waals surface area contributed by atoms with Crippen LogP contribution in [0.15, 0.2) is 53.3 Å². The second kappa shape index (κ2) is 8.73. The Labute approximate surface area is 184 Å². The smallest absolute Gasteiger partial charge is 0.481 e. The lowest BCUT2D eigenvalue weighted by molar-refractivity contribution is -0.274. The Morgan fingerprint density at radius 1 is 0.909 bits per heavy atom. The van der Waals surface area contributed by atoms with Gasteiger partial charge in [-0.05, 0) is 35.4 Å². The summed E-state index contributed by atoms with van der Waals surface area (Å²) in [5.41, 5.74) is 1.12. The Bertz CT molecular complexity index is 1330. The van der Waals surface area contributed by atoms with Gasteiger partial charge in [0.2, 0.25) is 11.8 Å². The van der Waals surface area contributed by atoms with E-state index < -0.39 is 11.9 Å². The molecule has 2 heterocycles. The zero-order chi connectivity index (χ0) is 23.6. The molecule has 0 aliphatic rings. The van der Waals surface area contributed by atoms with Crippen molar-refractivity contribution < 1.29 is 27.4 Å². The van der Waals surface area contributed by atoms with Gasteiger partial charge in [0, 0.05) is 0 Å².